The molecule has 1 N–H and O–H groups in total. The molecule has 0 saturated heterocycles. The van der Waals surface area contributed by atoms with E-state index in [1.807, 2.05) is 25.1 Å². The summed E-state index contributed by atoms with van der Waals surface area (Å²) in [7, 11) is 0. The molecule has 0 unspecified atom stereocenters. The third kappa shape index (κ3) is 4.26. The average Bonchev–Trinajstić information content (AvgIpc) is 2.28. The summed E-state index contributed by atoms with van der Waals surface area (Å²) < 4.78 is 0.973. The summed E-state index contributed by atoms with van der Waals surface area (Å²) in [4.78, 5) is 11.7. The van der Waals surface area contributed by atoms with Gasteiger partial charge in [-0.25, -0.2) is 0 Å². The van der Waals surface area contributed by atoms with E-state index >= 15 is 0 Å². The van der Waals surface area contributed by atoms with Crippen molar-refractivity contribution in [3.05, 3.63) is 33.8 Å². The summed E-state index contributed by atoms with van der Waals surface area (Å²) >= 11 is 6.78. The fraction of sp³-hybridized carbons (Fsp3) is 0.417. The van der Waals surface area contributed by atoms with E-state index in [1.165, 1.54) is 0 Å². The van der Waals surface area contributed by atoms with Crippen LogP contribution in [0.25, 0.3) is 0 Å². The fourth-order valence-electron chi connectivity index (χ4n) is 1.26. The summed E-state index contributed by atoms with van der Waals surface area (Å²) in [5, 5.41) is 3.88. The molecule has 1 rings (SSSR count). The molecule has 0 spiro atoms. The van der Waals surface area contributed by atoms with E-state index < -0.39 is 0 Å². The first-order chi connectivity index (χ1) is 7.65. The van der Waals surface area contributed by atoms with Crippen LogP contribution in [0, 0.1) is 6.92 Å². The Bertz CT molecular complexity index is 366. The highest BCUT2D eigenvalue weighted by Gasteiger charge is 2.05. The second kappa shape index (κ2) is 7.07. The minimum atomic E-state index is -0.00438. The Balaban J connectivity index is 2.50. The van der Waals surface area contributed by atoms with E-state index in [0.29, 0.717) is 5.56 Å². The Morgan fingerprint density at radius 3 is 2.75 bits per heavy atom. The SMILES string of the molecule is Cc1ccc(C(=O)NCCCCBr)cc1Br. The third-order valence-corrected chi connectivity index (χ3v) is 3.70. The molecule has 16 heavy (non-hydrogen) atoms. The van der Waals surface area contributed by atoms with Gasteiger partial charge < -0.3 is 5.32 Å². The largest absolute Gasteiger partial charge is 0.352 e. The second-order valence-corrected chi connectivity index (χ2v) is 5.26. The number of amides is 1. The van der Waals surface area contributed by atoms with Crippen LogP contribution >= 0.6 is 31.9 Å². The minimum absolute atomic E-state index is 0.00438. The molecule has 0 aromatic heterocycles. The van der Waals surface area contributed by atoms with Crippen LogP contribution in [0.15, 0.2) is 22.7 Å². The molecule has 4 heteroatoms. The van der Waals surface area contributed by atoms with Gasteiger partial charge in [0.15, 0.2) is 0 Å². The smallest absolute Gasteiger partial charge is 0.251 e. The van der Waals surface area contributed by atoms with Gasteiger partial charge in [0.25, 0.3) is 5.91 Å². The zero-order valence-electron chi connectivity index (χ0n) is 9.22. The molecule has 0 fully saturated rings. The van der Waals surface area contributed by atoms with Crippen molar-refractivity contribution in [2.45, 2.75) is 19.8 Å². The number of alkyl halides is 1. The molecule has 0 heterocycles. The molecule has 0 bridgehead atoms. The van der Waals surface area contributed by atoms with Gasteiger partial charge in [-0.3, -0.25) is 4.79 Å². The zero-order chi connectivity index (χ0) is 12.0. The first-order valence-electron chi connectivity index (χ1n) is 5.25. The van der Waals surface area contributed by atoms with Crippen molar-refractivity contribution in [3.8, 4) is 0 Å². The number of unbranched alkanes of at least 4 members (excludes halogenated alkanes) is 1. The number of hydrogen-bond donors (Lipinski definition) is 1. The van der Waals surface area contributed by atoms with Crippen molar-refractivity contribution in [3.63, 3.8) is 0 Å². The van der Waals surface area contributed by atoms with Gasteiger partial charge in [0.05, 0.1) is 0 Å². The Morgan fingerprint density at radius 2 is 2.12 bits per heavy atom. The Labute approximate surface area is 113 Å². The van der Waals surface area contributed by atoms with Gasteiger partial charge in [-0.2, -0.15) is 0 Å². The Hall–Kier alpha value is -0.350. The van der Waals surface area contributed by atoms with Crippen LogP contribution in [0.2, 0.25) is 0 Å². The molecule has 88 valence electrons. The molecule has 0 aliphatic heterocycles. The van der Waals surface area contributed by atoms with Crippen LogP contribution in [0.5, 0.6) is 0 Å². The Morgan fingerprint density at radius 1 is 1.38 bits per heavy atom. The van der Waals surface area contributed by atoms with Gasteiger partial charge in [-0.1, -0.05) is 37.9 Å². The molecular weight excluding hydrogens is 334 g/mol. The molecule has 0 saturated carbocycles. The lowest BCUT2D eigenvalue weighted by Crippen LogP contribution is -2.24. The van der Waals surface area contributed by atoms with Crippen molar-refractivity contribution >= 4 is 37.8 Å². The number of halogens is 2. The predicted octanol–water partition coefficient (Wildman–Crippen LogP) is 3.66. The van der Waals surface area contributed by atoms with Crippen molar-refractivity contribution in [1.29, 1.82) is 0 Å². The number of rotatable bonds is 5. The first kappa shape index (κ1) is 13.7. The predicted molar refractivity (Wildman–Crippen MR) is 74.2 cm³/mol. The van der Waals surface area contributed by atoms with Crippen molar-refractivity contribution in [1.82, 2.24) is 5.32 Å². The second-order valence-electron chi connectivity index (χ2n) is 3.62. The third-order valence-electron chi connectivity index (χ3n) is 2.28. The van der Waals surface area contributed by atoms with E-state index in [1.54, 1.807) is 0 Å². The lowest BCUT2D eigenvalue weighted by Gasteiger charge is -2.06. The minimum Gasteiger partial charge on any atom is -0.352 e. The topological polar surface area (TPSA) is 29.1 Å². The maximum atomic E-state index is 11.7. The van der Waals surface area contributed by atoms with E-state index in [-0.39, 0.29) is 5.91 Å². The lowest BCUT2D eigenvalue weighted by atomic mass is 10.1. The van der Waals surface area contributed by atoms with Crippen LogP contribution in [0.4, 0.5) is 0 Å². The maximum absolute atomic E-state index is 11.7. The summed E-state index contributed by atoms with van der Waals surface area (Å²) in [6, 6.07) is 5.65. The van der Waals surface area contributed by atoms with Gasteiger partial charge in [-0.05, 0) is 37.5 Å². The number of carbonyl (C=O) groups excluding carboxylic acids is 1. The average molecular weight is 349 g/mol. The monoisotopic (exact) mass is 347 g/mol. The van der Waals surface area contributed by atoms with Crippen LogP contribution in [0.3, 0.4) is 0 Å². The molecule has 1 aromatic carbocycles. The summed E-state index contributed by atoms with van der Waals surface area (Å²) in [6.07, 6.45) is 2.09. The molecule has 0 aliphatic carbocycles. The highest BCUT2D eigenvalue weighted by molar-refractivity contribution is 9.10. The molecule has 0 atom stereocenters. The normalized spacial score (nSPS) is 10.2. The number of aryl methyl sites for hydroxylation is 1. The molecule has 1 aromatic rings. The Kier molecular flexibility index (Phi) is 6.06. The van der Waals surface area contributed by atoms with E-state index in [0.717, 1.165) is 34.8 Å². The van der Waals surface area contributed by atoms with Gasteiger partial charge >= 0.3 is 0 Å². The number of carbonyl (C=O) groups is 1. The molecule has 1 amide bonds. The van der Waals surface area contributed by atoms with Crippen LogP contribution in [-0.4, -0.2) is 17.8 Å². The standard InChI is InChI=1S/C12H15Br2NO/c1-9-4-5-10(8-11(9)14)12(16)15-7-3-2-6-13/h4-5,8H,2-3,6-7H2,1H3,(H,15,16). The quantitative estimate of drug-likeness (QED) is 0.638. The number of hydrogen-bond acceptors (Lipinski definition) is 1. The highest BCUT2D eigenvalue weighted by Crippen LogP contribution is 2.17. The summed E-state index contributed by atoms with van der Waals surface area (Å²) in [5.74, 6) is -0.00438. The van der Waals surface area contributed by atoms with E-state index in [2.05, 4.69) is 37.2 Å². The van der Waals surface area contributed by atoms with Gasteiger partial charge in [-0.15, -0.1) is 0 Å². The van der Waals surface area contributed by atoms with Gasteiger partial charge in [0.2, 0.25) is 0 Å². The summed E-state index contributed by atoms with van der Waals surface area (Å²) in [5.41, 5.74) is 1.84. The molecular formula is C12H15Br2NO. The molecule has 2 nitrogen and oxygen atoms in total. The number of benzene rings is 1. The van der Waals surface area contributed by atoms with Crippen molar-refractivity contribution in [2.75, 3.05) is 11.9 Å². The van der Waals surface area contributed by atoms with Crippen molar-refractivity contribution < 1.29 is 4.79 Å². The van der Waals surface area contributed by atoms with Crippen molar-refractivity contribution in [2.24, 2.45) is 0 Å². The van der Waals surface area contributed by atoms with E-state index in [9.17, 15) is 4.79 Å². The molecule has 0 radical (unpaired) electrons. The zero-order valence-corrected chi connectivity index (χ0v) is 12.4. The number of nitrogens with one attached hydrogen (secondary N) is 1. The fourth-order valence-corrected chi connectivity index (χ4v) is 2.03. The van der Waals surface area contributed by atoms with Crippen LogP contribution in [0.1, 0.15) is 28.8 Å². The molecule has 0 aliphatic rings. The van der Waals surface area contributed by atoms with Gasteiger partial charge in [0, 0.05) is 21.9 Å². The summed E-state index contributed by atoms with van der Waals surface area (Å²) in [6.45, 7) is 2.73. The first-order valence-corrected chi connectivity index (χ1v) is 7.17. The van der Waals surface area contributed by atoms with Crippen LogP contribution < -0.4 is 5.32 Å². The van der Waals surface area contributed by atoms with E-state index in [4.69, 9.17) is 0 Å². The maximum Gasteiger partial charge on any atom is 0.251 e. The van der Waals surface area contributed by atoms with Gasteiger partial charge in [0.1, 0.15) is 0 Å². The lowest BCUT2D eigenvalue weighted by molar-refractivity contribution is 0.0953. The highest BCUT2D eigenvalue weighted by atomic mass is 79.9. The van der Waals surface area contributed by atoms with Crippen LogP contribution in [-0.2, 0) is 0 Å².